The molecule has 1 aliphatic rings. The fourth-order valence-electron chi connectivity index (χ4n) is 2.69. The number of amides is 1. The van der Waals surface area contributed by atoms with Gasteiger partial charge >= 0.3 is 12.1 Å². The molecule has 1 amide bonds. The van der Waals surface area contributed by atoms with Gasteiger partial charge in [-0.3, -0.25) is 0 Å². The molecule has 0 spiro atoms. The van der Waals surface area contributed by atoms with Gasteiger partial charge in [-0.05, 0) is 67.6 Å². The number of ether oxygens (including phenoxy) is 3. The second-order valence-electron chi connectivity index (χ2n) is 6.55. The SMILES string of the molecule is CC1=N/C(=C\c2cc(Br)c(OCCCNC(=O)OCc3ccccc3)c(Br)c2)C(=O)O1. The molecule has 0 aliphatic carbocycles. The smallest absolute Gasteiger partial charge is 0.407 e. The van der Waals surface area contributed by atoms with Gasteiger partial charge in [0.25, 0.3) is 0 Å². The molecule has 2 aromatic carbocycles. The van der Waals surface area contributed by atoms with Gasteiger partial charge in [0, 0.05) is 13.5 Å². The van der Waals surface area contributed by atoms with Crippen molar-refractivity contribution in [3.63, 3.8) is 0 Å². The summed E-state index contributed by atoms with van der Waals surface area (Å²) < 4.78 is 17.3. The van der Waals surface area contributed by atoms with Crippen molar-refractivity contribution in [2.45, 2.75) is 20.0 Å². The molecule has 9 heteroatoms. The second kappa shape index (κ2) is 11.1. The highest BCUT2D eigenvalue weighted by Gasteiger charge is 2.20. The molecule has 0 saturated heterocycles. The minimum atomic E-state index is -0.472. The average Bonchev–Trinajstić information content (AvgIpc) is 3.05. The molecule has 3 rings (SSSR count). The van der Waals surface area contributed by atoms with E-state index in [0.717, 1.165) is 20.1 Å². The van der Waals surface area contributed by atoms with Crippen LogP contribution in [0.4, 0.5) is 4.79 Å². The van der Waals surface area contributed by atoms with E-state index >= 15 is 0 Å². The maximum absolute atomic E-state index is 11.7. The third-order valence-corrected chi connectivity index (χ3v) is 5.28. The number of aliphatic imine (C=N–C) groups is 1. The van der Waals surface area contributed by atoms with E-state index in [2.05, 4.69) is 42.2 Å². The summed E-state index contributed by atoms with van der Waals surface area (Å²) in [6.07, 6.45) is 1.78. The Morgan fingerprint density at radius 3 is 2.55 bits per heavy atom. The molecule has 1 N–H and O–H groups in total. The number of carbonyl (C=O) groups excluding carboxylic acids is 2. The lowest BCUT2D eigenvalue weighted by molar-refractivity contribution is -0.130. The van der Waals surface area contributed by atoms with Gasteiger partial charge in [0.1, 0.15) is 12.4 Å². The van der Waals surface area contributed by atoms with Crippen molar-refractivity contribution < 1.29 is 23.8 Å². The molecule has 0 unspecified atom stereocenters. The van der Waals surface area contributed by atoms with Crippen molar-refractivity contribution in [3.8, 4) is 5.75 Å². The Balaban J connectivity index is 1.44. The number of benzene rings is 2. The first-order valence-corrected chi connectivity index (χ1v) is 11.1. The molecule has 1 aliphatic heterocycles. The standard InChI is InChI=1S/C22H20Br2N2O5/c1-14-26-19(21(27)31-14)12-16-10-17(23)20(18(24)11-16)29-9-5-8-25-22(28)30-13-15-6-3-2-4-7-15/h2-4,6-7,10-12H,5,8-9,13H2,1H3,(H,25,28)/b19-12-. The number of hydrogen-bond acceptors (Lipinski definition) is 6. The monoisotopic (exact) mass is 550 g/mol. The Hall–Kier alpha value is -2.65. The summed E-state index contributed by atoms with van der Waals surface area (Å²) in [7, 11) is 0. The fourth-order valence-corrected chi connectivity index (χ4v) is 4.14. The van der Waals surface area contributed by atoms with Crippen molar-refractivity contribution in [2.24, 2.45) is 4.99 Å². The van der Waals surface area contributed by atoms with E-state index in [0.29, 0.717) is 31.2 Å². The Bertz CT molecular complexity index is 999. The molecule has 0 bridgehead atoms. The summed E-state index contributed by atoms with van der Waals surface area (Å²) in [5, 5.41) is 2.70. The van der Waals surface area contributed by atoms with Gasteiger partial charge in [-0.2, -0.15) is 0 Å². The molecule has 0 atom stereocenters. The molecular weight excluding hydrogens is 532 g/mol. The number of hydrogen-bond donors (Lipinski definition) is 1. The van der Waals surface area contributed by atoms with Gasteiger partial charge in [-0.15, -0.1) is 0 Å². The second-order valence-corrected chi connectivity index (χ2v) is 8.26. The molecule has 31 heavy (non-hydrogen) atoms. The van der Waals surface area contributed by atoms with Gasteiger partial charge in [0.05, 0.1) is 15.6 Å². The Morgan fingerprint density at radius 2 is 1.90 bits per heavy atom. The Labute approximate surface area is 196 Å². The minimum absolute atomic E-state index is 0.230. The van der Waals surface area contributed by atoms with Gasteiger partial charge < -0.3 is 19.5 Å². The minimum Gasteiger partial charge on any atom is -0.491 e. The van der Waals surface area contributed by atoms with E-state index in [1.54, 1.807) is 13.0 Å². The van der Waals surface area contributed by atoms with Crippen molar-refractivity contribution in [3.05, 3.63) is 68.2 Å². The van der Waals surface area contributed by atoms with Crippen LogP contribution in [0, 0.1) is 0 Å². The van der Waals surface area contributed by atoms with Crippen LogP contribution in [0.25, 0.3) is 6.08 Å². The molecule has 7 nitrogen and oxygen atoms in total. The number of rotatable bonds is 8. The van der Waals surface area contributed by atoms with Crippen molar-refractivity contribution in [1.82, 2.24) is 5.32 Å². The van der Waals surface area contributed by atoms with Gasteiger partial charge in [-0.1, -0.05) is 30.3 Å². The normalized spacial score (nSPS) is 14.2. The summed E-state index contributed by atoms with van der Waals surface area (Å²) in [6, 6.07) is 13.1. The van der Waals surface area contributed by atoms with E-state index in [9.17, 15) is 9.59 Å². The lowest BCUT2D eigenvalue weighted by Crippen LogP contribution is -2.26. The van der Waals surface area contributed by atoms with E-state index in [1.165, 1.54) is 0 Å². The predicted octanol–water partition coefficient (Wildman–Crippen LogP) is 5.22. The van der Waals surface area contributed by atoms with Crippen LogP contribution in [-0.2, 0) is 20.9 Å². The number of halogens is 2. The zero-order valence-corrected chi connectivity index (χ0v) is 19.9. The van der Waals surface area contributed by atoms with Crippen LogP contribution in [-0.4, -0.2) is 31.1 Å². The molecule has 0 aromatic heterocycles. The summed E-state index contributed by atoms with van der Waals surface area (Å²) in [5.74, 6) is 0.481. The molecule has 0 saturated carbocycles. The summed E-state index contributed by atoms with van der Waals surface area (Å²) >= 11 is 6.97. The average molecular weight is 552 g/mol. The van der Waals surface area contributed by atoms with Crippen LogP contribution in [0.1, 0.15) is 24.5 Å². The molecule has 0 fully saturated rings. The first kappa shape index (κ1) is 23.0. The summed E-state index contributed by atoms with van der Waals surface area (Å²) in [5.41, 5.74) is 1.94. The van der Waals surface area contributed by atoms with Crippen LogP contribution >= 0.6 is 31.9 Å². The largest absolute Gasteiger partial charge is 0.491 e. The zero-order valence-electron chi connectivity index (χ0n) is 16.7. The number of carbonyl (C=O) groups is 2. The Morgan fingerprint density at radius 1 is 1.19 bits per heavy atom. The van der Waals surface area contributed by atoms with Crippen LogP contribution < -0.4 is 10.1 Å². The predicted molar refractivity (Wildman–Crippen MR) is 124 cm³/mol. The first-order chi connectivity index (χ1) is 14.9. The van der Waals surface area contributed by atoms with Gasteiger partial charge in [0.2, 0.25) is 0 Å². The van der Waals surface area contributed by atoms with Crippen molar-refractivity contribution >= 4 is 55.9 Å². The maximum Gasteiger partial charge on any atom is 0.407 e. The van der Waals surface area contributed by atoms with Gasteiger partial charge in [-0.25, -0.2) is 14.6 Å². The zero-order chi connectivity index (χ0) is 22.2. The number of nitrogens with one attached hydrogen (secondary N) is 1. The quantitative estimate of drug-likeness (QED) is 0.276. The summed E-state index contributed by atoms with van der Waals surface area (Å²) in [4.78, 5) is 27.5. The number of esters is 1. The van der Waals surface area contributed by atoms with E-state index in [1.807, 2.05) is 42.5 Å². The third-order valence-electron chi connectivity index (χ3n) is 4.10. The van der Waals surface area contributed by atoms with Gasteiger partial charge in [0.15, 0.2) is 11.6 Å². The Kier molecular flexibility index (Phi) is 8.25. The van der Waals surface area contributed by atoms with Crippen LogP contribution in [0.3, 0.4) is 0 Å². The molecule has 0 radical (unpaired) electrons. The van der Waals surface area contributed by atoms with Crippen LogP contribution in [0.15, 0.2) is 62.1 Å². The highest BCUT2D eigenvalue weighted by atomic mass is 79.9. The first-order valence-electron chi connectivity index (χ1n) is 9.48. The lowest BCUT2D eigenvalue weighted by atomic mass is 10.2. The number of alkyl carbamates (subject to hydrolysis) is 1. The number of nitrogens with zero attached hydrogens (tertiary/aromatic N) is 1. The fraction of sp³-hybridized carbons (Fsp3) is 0.227. The van der Waals surface area contributed by atoms with Crippen molar-refractivity contribution in [1.29, 1.82) is 0 Å². The third kappa shape index (κ3) is 6.93. The van der Waals surface area contributed by atoms with E-state index in [-0.39, 0.29) is 12.3 Å². The molecule has 2 aromatic rings. The van der Waals surface area contributed by atoms with Crippen LogP contribution in [0.2, 0.25) is 0 Å². The summed E-state index contributed by atoms with van der Waals surface area (Å²) in [6.45, 7) is 2.67. The van der Waals surface area contributed by atoms with Crippen molar-refractivity contribution in [2.75, 3.05) is 13.2 Å². The topological polar surface area (TPSA) is 86.2 Å². The number of cyclic esters (lactones) is 1. The molecule has 162 valence electrons. The molecular formula is C22H20Br2N2O5. The van der Waals surface area contributed by atoms with Crippen LogP contribution in [0.5, 0.6) is 5.75 Å². The lowest BCUT2D eigenvalue weighted by Gasteiger charge is -2.12. The highest BCUT2D eigenvalue weighted by molar-refractivity contribution is 9.11. The highest BCUT2D eigenvalue weighted by Crippen LogP contribution is 2.35. The van der Waals surface area contributed by atoms with E-state index in [4.69, 9.17) is 14.2 Å². The maximum atomic E-state index is 11.7. The molecule has 1 heterocycles. The van der Waals surface area contributed by atoms with E-state index < -0.39 is 12.1 Å².